The van der Waals surface area contributed by atoms with Crippen LogP contribution >= 0.6 is 0 Å². The zero-order chi connectivity index (χ0) is 23.6. The largest absolute Gasteiger partial charge is 0.573 e. The molecule has 3 rings (SSSR count). The predicted molar refractivity (Wildman–Crippen MR) is 111 cm³/mol. The standard InChI is InChI=1S/C22H24F3NO5S/c1-16-2-8-19(9-3-16)32(29,30)26-12-10-21(15-27,11-13-26)20(28)14-17-4-6-18(7-5-17)31-22(23,24)25/h2-9,27H,10-15H2,1H3. The first kappa shape index (κ1) is 24.2. The molecule has 1 saturated heterocycles. The highest BCUT2D eigenvalue weighted by Gasteiger charge is 2.43. The van der Waals surface area contributed by atoms with Crippen molar-refractivity contribution in [3.05, 3.63) is 59.7 Å². The van der Waals surface area contributed by atoms with Crippen molar-refractivity contribution >= 4 is 15.8 Å². The number of sulfonamides is 1. The number of ketones is 1. The van der Waals surface area contributed by atoms with Gasteiger partial charge in [-0.3, -0.25) is 4.79 Å². The molecule has 0 aromatic heterocycles. The first-order valence-electron chi connectivity index (χ1n) is 10.0. The van der Waals surface area contributed by atoms with Crippen molar-refractivity contribution in [3.63, 3.8) is 0 Å². The first-order valence-corrected chi connectivity index (χ1v) is 11.4. The van der Waals surface area contributed by atoms with Gasteiger partial charge in [0.2, 0.25) is 10.0 Å². The Labute approximate surface area is 184 Å². The summed E-state index contributed by atoms with van der Waals surface area (Å²) < 4.78 is 67.7. The molecule has 1 aliphatic rings. The average Bonchev–Trinajstić information content (AvgIpc) is 2.74. The van der Waals surface area contributed by atoms with E-state index in [9.17, 15) is 31.5 Å². The third kappa shape index (κ3) is 5.48. The highest BCUT2D eigenvalue weighted by atomic mass is 32.2. The molecule has 0 spiro atoms. The number of hydrogen-bond donors (Lipinski definition) is 1. The summed E-state index contributed by atoms with van der Waals surface area (Å²) in [6.45, 7) is 1.59. The fourth-order valence-corrected chi connectivity index (χ4v) is 5.16. The van der Waals surface area contributed by atoms with Crippen LogP contribution in [0.4, 0.5) is 13.2 Å². The van der Waals surface area contributed by atoms with E-state index in [0.717, 1.165) is 17.7 Å². The number of aliphatic hydroxyl groups excluding tert-OH is 1. The van der Waals surface area contributed by atoms with Crippen LogP contribution in [0.2, 0.25) is 0 Å². The van der Waals surface area contributed by atoms with Gasteiger partial charge in [-0.2, -0.15) is 4.31 Å². The Morgan fingerprint density at radius 1 is 1.06 bits per heavy atom. The number of alkyl halides is 3. The van der Waals surface area contributed by atoms with Crippen LogP contribution in [-0.4, -0.2) is 49.7 Å². The number of nitrogens with zero attached hydrogens (tertiary/aromatic N) is 1. The molecule has 32 heavy (non-hydrogen) atoms. The maximum absolute atomic E-state index is 13.0. The smallest absolute Gasteiger partial charge is 0.406 e. The summed E-state index contributed by atoms with van der Waals surface area (Å²) in [5.41, 5.74) is 0.318. The van der Waals surface area contributed by atoms with Gasteiger partial charge >= 0.3 is 6.36 Å². The van der Waals surface area contributed by atoms with Crippen molar-refractivity contribution < 1.29 is 36.2 Å². The van der Waals surface area contributed by atoms with E-state index in [1.807, 2.05) is 6.92 Å². The van der Waals surface area contributed by atoms with Crippen LogP contribution in [0.1, 0.15) is 24.0 Å². The third-order valence-corrected chi connectivity index (χ3v) is 7.67. The summed E-state index contributed by atoms with van der Waals surface area (Å²) in [5.74, 6) is -0.669. The number of carbonyl (C=O) groups excluding carboxylic acids is 1. The fraction of sp³-hybridized carbons (Fsp3) is 0.409. The number of benzene rings is 2. The quantitative estimate of drug-likeness (QED) is 0.669. The van der Waals surface area contributed by atoms with Crippen LogP contribution in [0.5, 0.6) is 5.75 Å². The Morgan fingerprint density at radius 3 is 2.12 bits per heavy atom. The average molecular weight is 471 g/mol. The molecule has 0 amide bonds. The van der Waals surface area contributed by atoms with Gasteiger partial charge < -0.3 is 9.84 Å². The zero-order valence-electron chi connectivity index (χ0n) is 17.4. The number of aliphatic hydroxyl groups is 1. The Morgan fingerprint density at radius 2 is 1.62 bits per heavy atom. The molecule has 0 aliphatic carbocycles. The number of halogens is 3. The molecule has 0 radical (unpaired) electrons. The summed E-state index contributed by atoms with van der Waals surface area (Å²) >= 11 is 0. The molecule has 1 N–H and O–H groups in total. The Kier molecular flexibility index (Phi) is 6.97. The lowest BCUT2D eigenvalue weighted by atomic mass is 9.74. The number of ether oxygens (including phenoxy) is 1. The maximum atomic E-state index is 13.0. The Balaban J connectivity index is 1.66. The van der Waals surface area contributed by atoms with Gasteiger partial charge in [-0.05, 0) is 49.6 Å². The van der Waals surface area contributed by atoms with Crippen molar-refractivity contribution in [1.82, 2.24) is 4.31 Å². The predicted octanol–water partition coefficient (Wildman–Crippen LogP) is 3.47. The van der Waals surface area contributed by atoms with Crippen LogP contribution in [0, 0.1) is 12.3 Å². The van der Waals surface area contributed by atoms with Crippen molar-refractivity contribution in [2.45, 2.75) is 37.4 Å². The number of Topliss-reactive ketones (excluding diaryl/α,β-unsaturated/α-hetero) is 1. The van der Waals surface area contributed by atoms with Gasteiger partial charge in [-0.1, -0.05) is 29.8 Å². The second-order valence-electron chi connectivity index (χ2n) is 7.95. The molecule has 1 aliphatic heterocycles. The minimum Gasteiger partial charge on any atom is -0.406 e. The first-order chi connectivity index (χ1) is 14.9. The minimum absolute atomic E-state index is 0.0842. The molecule has 174 valence electrons. The Hall–Kier alpha value is -2.43. The molecule has 6 nitrogen and oxygen atoms in total. The van der Waals surface area contributed by atoms with Crippen molar-refractivity contribution in [3.8, 4) is 5.75 Å². The van der Waals surface area contributed by atoms with Gasteiger partial charge in [0.15, 0.2) is 0 Å². The third-order valence-electron chi connectivity index (χ3n) is 5.75. The highest BCUT2D eigenvalue weighted by Crippen LogP contribution is 2.35. The fourth-order valence-electron chi connectivity index (χ4n) is 3.72. The van der Waals surface area contributed by atoms with Crippen LogP contribution < -0.4 is 4.74 Å². The van der Waals surface area contributed by atoms with Crippen molar-refractivity contribution in [2.75, 3.05) is 19.7 Å². The molecular weight excluding hydrogens is 447 g/mol. The van der Waals surface area contributed by atoms with Crippen LogP contribution in [-0.2, 0) is 21.2 Å². The summed E-state index contributed by atoms with van der Waals surface area (Å²) in [6.07, 6.45) is -4.58. The monoisotopic (exact) mass is 471 g/mol. The lowest BCUT2D eigenvalue weighted by Gasteiger charge is -2.39. The second-order valence-corrected chi connectivity index (χ2v) is 9.89. The SMILES string of the molecule is Cc1ccc(S(=O)(=O)N2CCC(CO)(C(=O)Cc3ccc(OC(F)(F)F)cc3)CC2)cc1. The molecule has 0 bridgehead atoms. The Bertz CT molecular complexity index is 1040. The normalized spacial score (nSPS) is 17.2. The van der Waals surface area contributed by atoms with Gasteiger partial charge in [0.05, 0.1) is 16.9 Å². The molecule has 1 heterocycles. The number of hydrogen-bond acceptors (Lipinski definition) is 5. The van der Waals surface area contributed by atoms with Gasteiger partial charge in [0.25, 0.3) is 0 Å². The highest BCUT2D eigenvalue weighted by molar-refractivity contribution is 7.89. The molecule has 10 heteroatoms. The van der Waals surface area contributed by atoms with E-state index < -0.39 is 28.4 Å². The summed E-state index contributed by atoms with van der Waals surface area (Å²) in [6, 6.07) is 11.5. The lowest BCUT2D eigenvalue weighted by molar-refractivity contribution is -0.274. The molecule has 2 aromatic carbocycles. The number of piperidine rings is 1. The molecule has 0 unspecified atom stereocenters. The summed E-state index contributed by atoms with van der Waals surface area (Å²) in [4.78, 5) is 13.1. The van der Waals surface area contributed by atoms with Crippen molar-refractivity contribution in [1.29, 1.82) is 0 Å². The summed E-state index contributed by atoms with van der Waals surface area (Å²) in [7, 11) is -3.71. The number of rotatable bonds is 7. The summed E-state index contributed by atoms with van der Waals surface area (Å²) in [5, 5.41) is 9.96. The van der Waals surface area contributed by atoms with E-state index in [-0.39, 0.29) is 48.8 Å². The molecular formula is C22H24F3NO5S. The van der Waals surface area contributed by atoms with Crippen LogP contribution in [0.15, 0.2) is 53.4 Å². The van der Waals surface area contributed by atoms with Crippen LogP contribution in [0.3, 0.4) is 0 Å². The van der Waals surface area contributed by atoms with E-state index in [4.69, 9.17) is 0 Å². The van der Waals surface area contributed by atoms with Crippen molar-refractivity contribution in [2.24, 2.45) is 5.41 Å². The van der Waals surface area contributed by atoms with E-state index in [1.54, 1.807) is 12.1 Å². The molecule has 1 fully saturated rings. The zero-order valence-corrected chi connectivity index (χ0v) is 18.2. The van der Waals surface area contributed by atoms with E-state index in [2.05, 4.69) is 4.74 Å². The van der Waals surface area contributed by atoms with Crippen LogP contribution in [0.25, 0.3) is 0 Å². The van der Waals surface area contributed by atoms with E-state index >= 15 is 0 Å². The molecule has 0 atom stereocenters. The maximum Gasteiger partial charge on any atom is 0.573 e. The minimum atomic E-state index is -4.80. The number of aryl methyl sites for hydroxylation is 1. The number of carbonyl (C=O) groups is 1. The van der Waals surface area contributed by atoms with Gasteiger partial charge in [0, 0.05) is 19.5 Å². The molecule has 0 saturated carbocycles. The topological polar surface area (TPSA) is 83.9 Å². The van der Waals surface area contributed by atoms with Gasteiger partial charge in [-0.25, -0.2) is 8.42 Å². The molecule has 2 aromatic rings. The second kappa shape index (κ2) is 9.21. The van der Waals surface area contributed by atoms with Gasteiger partial charge in [0.1, 0.15) is 11.5 Å². The van der Waals surface area contributed by atoms with E-state index in [0.29, 0.717) is 5.56 Å². The van der Waals surface area contributed by atoms with Gasteiger partial charge in [-0.15, -0.1) is 13.2 Å². The lowest BCUT2D eigenvalue weighted by Crippen LogP contribution is -2.48. The van der Waals surface area contributed by atoms with E-state index in [1.165, 1.54) is 28.6 Å².